The van der Waals surface area contributed by atoms with E-state index in [2.05, 4.69) is 33.3 Å². The lowest BCUT2D eigenvalue weighted by Crippen LogP contribution is -2.30. The van der Waals surface area contributed by atoms with Crippen LogP contribution in [-0.2, 0) is 9.30 Å². The van der Waals surface area contributed by atoms with Crippen LogP contribution >= 0.6 is 28.5 Å². The minimum atomic E-state index is -3.19. The van der Waals surface area contributed by atoms with Crippen molar-refractivity contribution in [2.75, 3.05) is 26.3 Å². The van der Waals surface area contributed by atoms with Gasteiger partial charge in [-0.2, -0.15) is 0 Å². The molecule has 1 aliphatic rings. The van der Waals surface area contributed by atoms with Crippen molar-refractivity contribution in [3.05, 3.63) is 0 Å². The Balaban J connectivity index is 0.000000187. The van der Waals surface area contributed by atoms with Gasteiger partial charge in [0.05, 0.1) is 13.2 Å². The molecule has 0 aliphatic carbocycles. The van der Waals surface area contributed by atoms with Crippen LogP contribution in [0.1, 0.15) is 0 Å². The maximum absolute atomic E-state index is 9.52. The molecule has 0 aromatic heterocycles. The largest absolute Gasteiger partial charge is 0.379 e. The van der Waals surface area contributed by atoms with E-state index >= 15 is 0 Å². The Labute approximate surface area is 75.4 Å². The minimum absolute atomic E-state index is 0.889. The lowest BCUT2D eigenvalue weighted by Gasteiger charge is -2.10. The van der Waals surface area contributed by atoms with E-state index in [1.165, 1.54) is 0 Å². The van der Waals surface area contributed by atoms with Crippen molar-refractivity contribution in [2.24, 2.45) is 5.50 Å². The van der Waals surface area contributed by atoms with Crippen molar-refractivity contribution >= 4 is 28.5 Å². The van der Waals surface area contributed by atoms with Crippen LogP contribution in [0, 0.1) is 0 Å². The fourth-order valence-corrected chi connectivity index (χ4v) is 0.516. The fraction of sp³-hybridized carbons (Fsp3) is 1.00. The standard InChI is InChI=1S/C4H9NO.Cl2H2NOP/c1-3-6-4-2-5-1;1-5(2,3)4/h5H,1-4H2;(H2,3,4). The Kier molecular flexibility index (Phi) is 6.62. The maximum atomic E-state index is 9.52. The molecule has 7 heteroatoms. The summed E-state index contributed by atoms with van der Waals surface area (Å²) in [7, 11) is 0. The topological polar surface area (TPSA) is 64.3 Å². The summed E-state index contributed by atoms with van der Waals surface area (Å²) in [4.78, 5) is 0. The number of nitrogens with two attached hydrogens (primary N) is 1. The molecule has 1 aliphatic heterocycles. The maximum Gasteiger partial charge on any atom is 0.316 e. The molecule has 11 heavy (non-hydrogen) atoms. The van der Waals surface area contributed by atoms with Gasteiger partial charge < -0.3 is 10.1 Å². The predicted molar refractivity (Wildman–Crippen MR) is 47.2 cm³/mol. The smallest absolute Gasteiger partial charge is 0.316 e. The predicted octanol–water partition coefficient (Wildman–Crippen LogP) is 1.14. The highest BCUT2D eigenvalue weighted by molar-refractivity contribution is 8.07. The van der Waals surface area contributed by atoms with Crippen LogP contribution < -0.4 is 10.8 Å². The average Bonchev–Trinajstić information content (AvgIpc) is 1.88. The number of hydrogen-bond donors (Lipinski definition) is 2. The highest BCUT2D eigenvalue weighted by Gasteiger charge is 1.98. The van der Waals surface area contributed by atoms with Gasteiger partial charge in [-0.1, -0.05) is 0 Å². The van der Waals surface area contributed by atoms with Crippen LogP contribution in [0.4, 0.5) is 0 Å². The molecule has 68 valence electrons. The molecule has 1 rings (SSSR count). The first-order chi connectivity index (χ1) is 5.00. The molecule has 0 aromatic rings. The lowest BCUT2D eigenvalue weighted by molar-refractivity contribution is 0.109. The number of hydrogen-bond acceptors (Lipinski definition) is 3. The van der Waals surface area contributed by atoms with Gasteiger partial charge in [-0.15, -0.1) is 0 Å². The van der Waals surface area contributed by atoms with Crippen molar-refractivity contribution < 1.29 is 9.30 Å². The van der Waals surface area contributed by atoms with Gasteiger partial charge in [0.25, 0.3) is 0 Å². The van der Waals surface area contributed by atoms with Crippen LogP contribution in [0.2, 0.25) is 0 Å². The highest BCUT2D eigenvalue weighted by atomic mass is 35.9. The number of morpholine rings is 1. The lowest BCUT2D eigenvalue weighted by atomic mass is 10.5. The summed E-state index contributed by atoms with van der Waals surface area (Å²) in [5, 5.41) is 3.16. The van der Waals surface area contributed by atoms with Crippen LogP contribution in [0.25, 0.3) is 0 Å². The van der Waals surface area contributed by atoms with E-state index in [9.17, 15) is 4.57 Å². The van der Waals surface area contributed by atoms with Crippen LogP contribution in [-0.4, -0.2) is 26.3 Å². The van der Waals surface area contributed by atoms with Gasteiger partial charge in [-0.05, 0) is 22.5 Å². The normalized spacial score (nSPS) is 18.5. The Bertz CT molecular complexity index is 116. The van der Waals surface area contributed by atoms with Gasteiger partial charge in [-0.3, -0.25) is 10.1 Å². The molecule has 0 bridgehead atoms. The Morgan fingerprint density at radius 3 is 1.82 bits per heavy atom. The molecular weight excluding hydrogens is 210 g/mol. The van der Waals surface area contributed by atoms with Crippen molar-refractivity contribution in [1.82, 2.24) is 5.32 Å². The SMILES string of the molecule is C1COCCN1.NP(=O)(Cl)Cl. The Morgan fingerprint density at radius 1 is 1.36 bits per heavy atom. The third kappa shape index (κ3) is 18.0. The van der Waals surface area contributed by atoms with Crippen molar-refractivity contribution in [2.45, 2.75) is 0 Å². The first kappa shape index (κ1) is 11.7. The zero-order valence-corrected chi connectivity index (χ0v) is 8.33. The molecule has 0 radical (unpaired) electrons. The molecule has 4 nitrogen and oxygen atoms in total. The van der Waals surface area contributed by atoms with E-state index in [0.717, 1.165) is 26.3 Å². The highest BCUT2D eigenvalue weighted by Crippen LogP contribution is 2.47. The first-order valence-electron chi connectivity index (χ1n) is 3.06. The molecule has 1 saturated heterocycles. The average molecular weight is 221 g/mol. The molecule has 0 saturated carbocycles. The zero-order valence-electron chi connectivity index (χ0n) is 5.93. The van der Waals surface area contributed by atoms with E-state index in [1.54, 1.807) is 0 Å². The number of rotatable bonds is 0. The number of nitrogens with one attached hydrogen (secondary N) is 1. The van der Waals surface area contributed by atoms with Crippen molar-refractivity contribution in [1.29, 1.82) is 0 Å². The molecule has 0 aromatic carbocycles. The summed E-state index contributed by atoms with van der Waals surface area (Å²) in [5.41, 5.74) is 4.44. The van der Waals surface area contributed by atoms with E-state index < -0.39 is 6.00 Å². The third-order valence-electron chi connectivity index (χ3n) is 0.846. The summed E-state index contributed by atoms with van der Waals surface area (Å²) in [6, 6.07) is 0. The van der Waals surface area contributed by atoms with Gasteiger partial charge in [0, 0.05) is 13.1 Å². The minimum Gasteiger partial charge on any atom is -0.379 e. The van der Waals surface area contributed by atoms with Gasteiger partial charge in [0.2, 0.25) is 0 Å². The summed E-state index contributed by atoms with van der Waals surface area (Å²) >= 11 is 9.26. The second-order valence-electron chi connectivity index (χ2n) is 1.86. The molecule has 1 fully saturated rings. The quantitative estimate of drug-likeness (QED) is 0.602. The molecule has 0 amide bonds. The van der Waals surface area contributed by atoms with E-state index in [-0.39, 0.29) is 0 Å². The van der Waals surface area contributed by atoms with E-state index in [4.69, 9.17) is 4.74 Å². The summed E-state index contributed by atoms with van der Waals surface area (Å²) in [5.74, 6) is -3.19. The summed E-state index contributed by atoms with van der Waals surface area (Å²) in [6.45, 7) is 3.83. The van der Waals surface area contributed by atoms with Gasteiger partial charge >= 0.3 is 6.00 Å². The second-order valence-corrected chi connectivity index (χ2v) is 6.40. The third-order valence-corrected chi connectivity index (χ3v) is 0.846. The van der Waals surface area contributed by atoms with Crippen LogP contribution in [0.5, 0.6) is 0 Å². The fourth-order valence-electron chi connectivity index (χ4n) is 0.516. The van der Waals surface area contributed by atoms with Gasteiger partial charge in [0.15, 0.2) is 0 Å². The molecule has 0 spiro atoms. The van der Waals surface area contributed by atoms with Gasteiger partial charge in [-0.25, -0.2) is 0 Å². The Hall–Kier alpha value is 0.690. The molecule has 1 heterocycles. The van der Waals surface area contributed by atoms with E-state index in [1.807, 2.05) is 0 Å². The first-order valence-corrected chi connectivity index (χ1v) is 6.65. The molecule has 0 atom stereocenters. The van der Waals surface area contributed by atoms with Crippen LogP contribution in [0.15, 0.2) is 0 Å². The molecule has 3 N–H and O–H groups in total. The van der Waals surface area contributed by atoms with Crippen molar-refractivity contribution in [3.63, 3.8) is 0 Å². The summed E-state index contributed by atoms with van der Waals surface area (Å²) < 4.78 is 14.5. The van der Waals surface area contributed by atoms with Gasteiger partial charge in [0.1, 0.15) is 0 Å². The zero-order chi connectivity index (χ0) is 8.74. The summed E-state index contributed by atoms with van der Waals surface area (Å²) in [6.07, 6.45) is 0. The monoisotopic (exact) mass is 220 g/mol. The Morgan fingerprint density at radius 2 is 1.73 bits per heavy atom. The second kappa shape index (κ2) is 6.23. The van der Waals surface area contributed by atoms with Crippen molar-refractivity contribution in [3.8, 4) is 0 Å². The molecule has 0 unspecified atom stereocenters. The van der Waals surface area contributed by atoms with Crippen LogP contribution in [0.3, 0.4) is 0 Å². The van der Waals surface area contributed by atoms with E-state index in [0.29, 0.717) is 0 Å². The number of ether oxygens (including phenoxy) is 1. The molecular formula is C4H11Cl2N2O2P. The number of halogens is 2.